The van der Waals surface area contributed by atoms with Crippen molar-refractivity contribution in [1.82, 2.24) is 9.78 Å². The van der Waals surface area contributed by atoms with Crippen LogP contribution in [0.3, 0.4) is 0 Å². The number of hydrogen-bond donors (Lipinski definition) is 0. The van der Waals surface area contributed by atoms with Gasteiger partial charge in [0.05, 0.1) is 29.1 Å². The van der Waals surface area contributed by atoms with E-state index in [9.17, 15) is 4.79 Å². The molecule has 100 valence electrons. The third-order valence-corrected chi connectivity index (χ3v) is 3.89. The number of aryl methyl sites for hydroxylation is 2. The van der Waals surface area contributed by atoms with E-state index in [2.05, 4.69) is 5.10 Å². The van der Waals surface area contributed by atoms with Gasteiger partial charge < -0.3 is 4.74 Å². The number of carbonyl (C=O) groups excluding carboxylic acids is 1. The van der Waals surface area contributed by atoms with Crippen molar-refractivity contribution in [1.29, 1.82) is 0 Å². The van der Waals surface area contributed by atoms with Crippen LogP contribution in [0.15, 0.2) is 0 Å². The summed E-state index contributed by atoms with van der Waals surface area (Å²) in [5.74, 6) is 0.349. The Bertz CT molecular complexity index is 432. The summed E-state index contributed by atoms with van der Waals surface area (Å²) in [6.07, 6.45) is 3.12. The molecule has 1 aromatic rings. The largest absolute Gasteiger partial charge is 0.372 e. The number of hydrogen-bond acceptors (Lipinski definition) is 3. The molecule has 1 aliphatic rings. The Balaban J connectivity index is 1.95. The fourth-order valence-corrected chi connectivity index (χ4v) is 2.47. The van der Waals surface area contributed by atoms with Crippen LogP contribution >= 0.6 is 11.6 Å². The molecule has 1 saturated carbocycles. The predicted molar refractivity (Wildman–Crippen MR) is 69.7 cm³/mol. The zero-order chi connectivity index (χ0) is 13.1. The number of ether oxygens (including phenoxy) is 1. The van der Waals surface area contributed by atoms with Crippen LogP contribution in [0.2, 0.25) is 5.02 Å². The van der Waals surface area contributed by atoms with Gasteiger partial charge in [0.2, 0.25) is 0 Å². The van der Waals surface area contributed by atoms with Gasteiger partial charge in [0.1, 0.15) is 5.78 Å². The Morgan fingerprint density at radius 3 is 2.72 bits per heavy atom. The van der Waals surface area contributed by atoms with E-state index in [0.717, 1.165) is 30.8 Å². The zero-order valence-corrected chi connectivity index (χ0v) is 11.7. The molecule has 0 amide bonds. The smallest absolute Gasteiger partial charge is 0.133 e. The van der Waals surface area contributed by atoms with Crippen LogP contribution < -0.4 is 0 Å². The number of rotatable bonds is 4. The second-order valence-electron chi connectivity index (χ2n) is 4.71. The standard InChI is InChI=1S/C13H19ClN2O2/c1-3-16-12(13(14)9(2)15-16)8-18-11-6-4-10(17)5-7-11/h11H,3-8H2,1-2H3. The van der Waals surface area contributed by atoms with Gasteiger partial charge in [-0.2, -0.15) is 5.10 Å². The van der Waals surface area contributed by atoms with E-state index in [0.29, 0.717) is 30.3 Å². The van der Waals surface area contributed by atoms with Crippen molar-refractivity contribution in [3.8, 4) is 0 Å². The Hall–Kier alpha value is -0.870. The molecule has 4 nitrogen and oxygen atoms in total. The van der Waals surface area contributed by atoms with Crippen molar-refractivity contribution in [3.63, 3.8) is 0 Å². The maximum atomic E-state index is 11.1. The molecule has 1 fully saturated rings. The number of nitrogens with zero attached hydrogens (tertiary/aromatic N) is 2. The fraction of sp³-hybridized carbons (Fsp3) is 0.692. The first-order chi connectivity index (χ1) is 8.61. The van der Waals surface area contributed by atoms with Crippen molar-refractivity contribution in [2.45, 2.75) is 58.8 Å². The van der Waals surface area contributed by atoms with Gasteiger partial charge in [-0.1, -0.05) is 11.6 Å². The lowest BCUT2D eigenvalue weighted by Gasteiger charge is -2.21. The molecule has 1 heterocycles. The Labute approximate surface area is 112 Å². The molecule has 1 aromatic heterocycles. The van der Waals surface area contributed by atoms with Crippen LogP contribution in [0.1, 0.15) is 44.0 Å². The van der Waals surface area contributed by atoms with Crippen molar-refractivity contribution in [2.24, 2.45) is 0 Å². The van der Waals surface area contributed by atoms with Crippen LogP contribution in [-0.2, 0) is 22.7 Å². The van der Waals surface area contributed by atoms with E-state index in [1.54, 1.807) is 0 Å². The van der Waals surface area contributed by atoms with E-state index < -0.39 is 0 Å². The minimum Gasteiger partial charge on any atom is -0.372 e. The monoisotopic (exact) mass is 270 g/mol. The lowest BCUT2D eigenvalue weighted by molar-refractivity contribution is -0.123. The fourth-order valence-electron chi connectivity index (χ4n) is 2.28. The molecular weight excluding hydrogens is 252 g/mol. The van der Waals surface area contributed by atoms with E-state index >= 15 is 0 Å². The number of ketones is 1. The molecule has 0 saturated heterocycles. The van der Waals surface area contributed by atoms with Crippen LogP contribution in [0, 0.1) is 6.92 Å². The van der Waals surface area contributed by atoms with Gasteiger partial charge >= 0.3 is 0 Å². The highest BCUT2D eigenvalue weighted by Gasteiger charge is 2.20. The highest BCUT2D eigenvalue weighted by atomic mass is 35.5. The van der Waals surface area contributed by atoms with Crippen molar-refractivity contribution < 1.29 is 9.53 Å². The van der Waals surface area contributed by atoms with Gasteiger partial charge in [-0.3, -0.25) is 9.48 Å². The lowest BCUT2D eigenvalue weighted by atomic mass is 9.96. The van der Waals surface area contributed by atoms with Crippen molar-refractivity contribution in [2.75, 3.05) is 0 Å². The van der Waals surface area contributed by atoms with Crippen LogP contribution in [0.5, 0.6) is 0 Å². The molecule has 0 spiro atoms. The van der Waals surface area contributed by atoms with Gasteiger partial charge in [-0.05, 0) is 26.7 Å². The summed E-state index contributed by atoms with van der Waals surface area (Å²) in [6.45, 7) is 5.20. The third-order valence-electron chi connectivity index (χ3n) is 3.40. The van der Waals surface area contributed by atoms with Crippen LogP contribution in [0.25, 0.3) is 0 Å². The maximum absolute atomic E-state index is 11.1. The number of carbonyl (C=O) groups is 1. The van der Waals surface area contributed by atoms with E-state index in [-0.39, 0.29) is 6.10 Å². The van der Waals surface area contributed by atoms with Gasteiger partial charge in [0, 0.05) is 19.4 Å². The summed E-state index contributed by atoms with van der Waals surface area (Å²) in [4.78, 5) is 11.1. The summed E-state index contributed by atoms with van der Waals surface area (Å²) in [7, 11) is 0. The molecule has 1 aliphatic carbocycles. The summed E-state index contributed by atoms with van der Waals surface area (Å²) >= 11 is 6.22. The van der Waals surface area contributed by atoms with Gasteiger partial charge in [-0.25, -0.2) is 0 Å². The molecule has 0 atom stereocenters. The highest BCUT2D eigenvalue weighted by molar-refractivity contribution is 6.31. The first-order valence-electron chi connectivity index (χ1n) is 6.47. The second-order valence-corrected chi connectivity index (χ2v) is 5.09. The van der Waals surface area contributed by atoms with Crippen molar-refractivity contribution in [3.05, 3.63) is 16.4 Å². The molecule has 0 aliphatic heterocycles. The SMILES string of the molecule is CCn1nc(C)c(Cl)c1COC1CCC(=O)CC1. The number of aromatic nitrogens is 2. The third kappa shape index (κ3) is 2.93. The second kappa shape index (κ2) is 5.85. The maximum Gasteiger partial charge on any atom is 0.133 e. The normalized spacial score (nSPS) is 17.4. The first kappa shape index (κ1) is 13.6. The van der Waals surface area contributed by atoms with Gasteiger partial charge in [0.15, 0.2) is 0 Å². The predicted octanol–water partition coefficient (Wildman–Crippen LogP) is 2.89. The molecule has 2 rings (SSSR count). The average Bonchev–Trinajstić information content (AvgIpc) is 2.65. The van der Waals surface area contributed by atoms with Gasteiger partial charge in [0.25, 0.3) is 0 Å². The summed E-state index contributed by atoms with van der Waals surface area (Å²) in [5.41, 5.74) is 1.78. The average molecular weight is 271 g/mol. The first-order valence-corrected chi connectivity index (χ1v) is 6.84. The van der Waals surface area contributed by atoms with Crippen LogP contribution in [-0.4, -0.2) is 21.7 Å². The molecule has 18 heavy (non-hydrogen) atoms. The number of halogens is 1. The minimum absolute atomic E-state index is 0.180. The summed E-state index contributed by atoms with van der Waals surface area (Å²) in [5, 5.41) is 5.05. The molecular formula is C13H19ClN2O2. The molecule has 0 unspecified atom stereocenters. The number of Topliss-reactive ketones (excluding diaryl/α,β-unsaturated/α-hetero) is 1. The lowest BCUT2D eigenvalue weighted by Crippen LogP contribution is -2.22. The summed E-state index contributed by atoms with van der Waals surface area (Å²) in [6, 6.07) is 0. The quantitative estimate of drug-likeness (QED) is 0.845. The minimum atomic E-state index is 0.180. The molecule has 0 radical (unpaired) electrons. The topological polar surface area (TPSA) is 44.1 Å². The zero-order valence-electron chi connectivity index (χ0n) is 10.9. The molecule has 0 aromatic carbocycles. The van der Waals surface area contributed by atoms with Crippen molar-refractivity contribution >= 4 is 17.4 Å². The Morgan fingerprint density at radius 2 is 2.11 bits per heavy atom. The van der Waals surface area contributed by atoms with Crippen LogP contribution in [0.4, 0.5) is 0 Å². The molecule has 0 N–H and O–H groups in total. The molecule has 0 bridgehead atoms. The van der Waals surface area contributed by atoms with E-state index in [4.69, 9.17) is 16.3 Å². The highest BCUT2D eigenvalue weighted by Crippen LogP contribution is 2.24. The Morgan fingerprint density at radius 1 is 1.44 bits per heavy atom. The van der Waals surface area contributed by atoms with Gasteiger partial charge in [-0.15, -0.1) is 0 Å². The molecule has 5 heteroatoms. The van der Waals surface area contributed by atoms with E-state index in [1.807, 2.05) is 18.5 Å². The van der Waals surface area contributed by atoms with E-state index in [1.165, 1.54) is 0 Å². The Kier molecular flexibility index (Phi) is 4.40. The summed E-state index contributed by atoms with van der Waals surface area (Å²) < 4.78 is 7.74.